The van der Waals surface area contributed by atoms with Gasteiger partial charge in [0.25, 0.3) is 0 Å². The van der Waals surface area contributed by atoms with Crippen LogP contribution in [0.2, 0.25) is 0 Å². The number of hydrogen-bond acceptors (Lipinski definition) is 12. The van der Waals surface area contributed by atoms with E-state index in [-0.39, 0.29) is 39.6 Å². The van der Waals surface area contributed by atoms with E-state index in [4.69, 9.17) is 60.3 Å². The zero-order valence-electron chi connectivity index (χ0n) is 7.92. The molecule has 0 aliphatic heterocycles. The molecule has 0 radical (unpaired) electrons. The van der Waals surface area contributed by atoms with Crippen molar-refractivity contribution in [2.45, 2.75) is 0 Å². The zero-order chi connectivity index (χ0) is 14.3. The largest absolute Gasteiger partial charge is 6.00 e. The minimum Gasteiger partial charge on any atom is -0.907 e. The van der Waals surface area contributed by atoms with E-state index >= 15 is 0 Å². The molecule has 100 valence electrons. The Morgan fingerprint density at radius 2 is 0.278 bits per heavy atom. The van der Waals surface area contributed by atoms with Gasteiger partial charge in [-0.1, -0.05) is 0 Å². The van der Waals surface area contributed by atoms with Crippen molar-refractivity contribution in [3.8, 4) is 0 Å². The summed E-state index contributed by atoms with van der Waals surface area (Å²) in [5.74, 6) is 0. The molecule has 0 N–H and O–H groups in total. The van der Waals surface area contributed by atoms with Gasteiger partial charge >= 0.3 is 39.6 Å². The van der Waals surface area contributed by atoms with Crippen LogP contribution in [0.15, 0.2) is 0 Å². The fourth-order valence-electron chi connectivity index (χ4n) is 0. The molecule has 0 heterocycles. The molecule has 12 nitrogen and oxygen atoms in total. The molecule has 0 saturated heterocycles. The number of hydrogen-bond donors (Lipinski definition) is 0. The van der Waals surface area contributed by atoms with Crippen molar-refractivity contribution in [2.24, 2.45) is 0 Å². The molecular weight excluding hydrogens is 616 g/mol. The quantitative estimate of drug-likeness (QED) is 0.230. The van der Waals surface area contributed by atoms with E-state index in [2.05, 4.69) is 0 Å². The van der Waals surface area contributed by atoms with E-state index in [0.717, 1.165) is 0 Å². The van der Waals surface area contributed by atoms with Crippen molar-refractivity contribution in [3.63, 3.8) is 0 Å². The summed E-state index contributed by atoms with van der Waals surface area (Å²) in [7, 11) is -11.7. The van der Waals surface area contributed by atoms with Gasteiger partial charge in [-0.15, -0.1) is 0 Å². The van der Waals surface area contributed by atoms with Crippen LogP contribution in [-0.4, -0.2) is 29.3 Å². The fraction of sp³-hybridized carbons (Fsp3) is 0. The van der Waals surface area contributed by atoms with Crippen LogP contribution in [0.4, 0.5) is 0 Å². The van der Waals surface area contributed by atoms with Gasteiger partial charge in [0.2, 0.25) is 0 Å². The summed E-state index contributed by atoms with van der Waals surface area (Å²) in [5.41, 5.74) is 0. The van der Waals surface area contributed by atoms with Gasteiger partial charge in [0.1, 0.15) is 0 Å². The standard InChI is InChI=1S/4BO3.2Os/c4*2-1(3)4;;/q4*-3;2*+6. The van der Waals surface area contributed by atoms with Crippen LogP contribution in [0.25, 0.3) is 0 Å². The van der Waals surface area contributed by atoms with Crippen LogP contribution in [0.3, 0.4) is 0 Å². The van der Waals surface area contributed by atoms with Crippen LogP contribution >= 0.6 is 0 Å². The maximum atomic E-state index is 8.42. The molecule has 0 spiro atoms. The predicted molar refractivity (Wildman–Crippen MR) is 23.0 cm³/mol. The smallest absolute Gasteiger partial charge is 0.907 e. The Morgan fingerprint density at radius 1 is 0.278 bits per heavy atom. The molecule has 0 atom stereocenters. The molecule has 0 bridgehead atoms. The summed E-state index contributed by atoms with van der Waals surface area (Å²) in [6, 6.07) is 0. The van der Waals surface area contributed by atoms with Crippen molar-refractivity contribution in [2.75, 3.05) is 0 Å². The normalized spacial score (nSPS) is 6.00. The first kappa shape index (κ1) is 36.4. The van der Waals surface area contributed by atoms with E-state index in [1.807, 2.05) is 0 Å². The molecule has 0 saturated carbocycles. The van der Waals surface area contributed by atoms with Gasteiger partial charge in [-0.3, -0.25) is 29.3 Å². The SMILES string of the molecule is [O-]B([O-])[O-].[O-]B([O-])[O-].[O-]B([O-])[O-].[O-]B([O-])[O-].[Os+6].[Os+6]. The Labute approximate surface area is 129 Å². The molecule has 0 fully saturated rings. The average Bonchev–Trinajstić information content (AvgIpc) is 1.76. The van der Waals surface area contributed by atoms with Crippen molar-refractivity contribution < 1.29 is 99.9 Å². The molecule has 0 aliphatic carbocycles. The second kappa shape index (κ2) is 30.8. The Morgan fingerprint density at radius 3 is 0.278 bits per heavy atom. The predicted octanol–water partition coefficient (Wildman–Crippen LogP) is -15.8. The molecule has 18 heavy (non-hydrogen) atoms. The van der Waals surface area contributed by atoms with Crippen LogP contribution in [0.5, 0.6) is 0 Å². The third-order valence-electron chi connectivity index (χ3n) is 0. The van der Waals surface area contributed by atoms with E-state index in [1.54, 1.807) is 0 Å². The Bertz CT molecular complexity index is 65.1. The van der Waals surface area contributed by atoms with Gasteiger partial charge in [0, 0.05) is 0 Å². The van der Waals surface area contributed by atoms with Gasteiger partial charge < -0.3 is 60.3 Å². The topological polar surface area (TPSA) is 277 Å². The third kappa shape index (κ3) is 3970. The van der Waals surface area contributed by atoms with Crippen LogP contribution in [-0.2, 0) is 39.6 Å². The summed E-state index contributed by atoms with van der Waals surface area (Å²) < 4.78 is 0. The monoisotopic (exact) mass is 620 g/mol. The molecule has 0 aromatic rings. The first-order chi connectivity index (χ1) is 6.93. The first-order valence-electron chi connectivity index (χ1n) is 2.83. The molecule has 0 amide bonds. The molecule has 0 unspecified atom stereocenters. The van der Waals surface area contributed by atoms with Gasteiger partial charge in [-0.05, 0) is 0 Å². The second-order valence-electron chi connectivity index (χ2n) is 1.15. The van der Waals surface area contributed by atoms with Crippen molar-refractivity contribution >= 4 is 29.3 Å². The summed E-state index contributed by atoms with van der Waals surface area (Å²) in [6.07, 6.45) is 0. The summed E-state index contributed by atoms with van der Waals surface area (Å²) >= 11 is 0. The van der Waals surface area contributed by atoms with Gasteiger partial charge in [0.05, 0.1) is 0 Å². The molecule has 18 heteroatoms. The Hall–Kier alpha value is 1.05. The average molecular weight is 616 g/mol. The molecular formula is B4O12Os2. The Balaban J connectivity index is -0.0000000257. The number of rotatable bonds is 0. The van der Waals surface area contributed by atoms with Gasteiger partial charge in [-0.2, -0.15) is 0 Å². The maximum absolute atomic E-state index is 8.42. The first-order valence-corrected chi connectivity index (χ1v) is 2.83. The van der Waals surface area contributed by atoms with E-state index in [1.165, 1.54) is 0 Å². The molecule has 0 aliphatic rings. The Kier molecular flexibility index (Phi) is 62.4. The van der Waals surface area contributed by atoms with E-state index in [0.29, 0.717) is 0 Å². The van der Waals surface area contributed by atoms with E-state index in [9.17, 15) is 0 Å². The molecule has 0 aromatic heterocycles. The summed E-state index contributed by atoms with van der Waals surface area (Å²) in [6.45, 7) is 0. The fourth-order valence-corrected chi connectivity index (χ4v) is 0. The molecule has 0 aromatic carbocycles. The summed E-state index contributed by atoms with van der Waals surface area (Å²) in [4.78, 5) is 0. The zero-order valence-corrected chi connectivity index (χ0v) is 13.0. The maximum Gasteiger partial charge on any atom is 6.00 e. The van der Waals surface area contributed by atoms with Crippen LogP contribution in [0, 0.1) is 0 Å². The van der Waals surface area contributed by atoms with E-state index < -0.39 is 29.3 Å². The third-order valence-corrected chi connectivity index (χ3v) is 0. The van der Waals surface area contributed by atoms with Crippen molar-refractivity contribution in [1.82, 2.24) is 0 Å². The van der Waals surface area contributed by atoms with Crippen molar-refractivity contribution in [1.29, 1.82) is 0 Å². The van der Waals surface area contributed by atoms with Crippen LogP contribution in [0.1, 0.15) is 0 Å². The van der Waals surface area contributed by atoms with Gasteiger partial charge in [-0.25, -0.2) is 0 Å². The summed E-state index contributed by atoms with van der Waals surface area (Å²) in [5, 5.41) is 101. The second-order valence-corrected chi connectivity index (χ2v) is 1.15. The van der Waals surface area contributed by atoms with Crippen LogP contribution < -0.4 is 60.3 Å². The van der Waals surface area contributed by atoms with Gasteiger partial charge in [0.15, 0.2) is 0 Å². The molecule has 0 rings (SSSR count). The minimum absolute atomic E-state index is 0. The minimum atomic E-state index is -2.92. The van der Waals surface area contributed by atoms with Crippen molar-refractivity contribution in [3.05, 3.63) is 0 Å².